The smallest absolute Gasteiger partial charge is 0.296 e. The number of aromatic nitrogens is 1. The number of carbonyl (C=O) groups excluding carboxylic acids is 1. The van der Waals surface area contributed by atoms with E-state index in [2.05, 4.69) is 4.98 Å². The maximum Gasteiger partial charge on any atom is 0.309 e. The SMILES string of the molecule is O=Cc1nc(C(F)F)cc([N+](=O)[O-])c1F. The van der Waals surface area contributed by atoms with Crippen molar-refractivity contribution in [3.63, 3.8) is 0 Å². The van der Waals surface area contributed by atoms with Gasteiger partial charge in [0.1, 0.15) is 11.4 Å². The lowest BCUT2D eigenvalue weighted by atomic mass is 10.2. The molecule has 8 heteroatoms. The predicted octanol–water partition coefficient (Wildman–Crippen LogP) is 1.88. The fraction of sp³-hybridized carbons (Fsp3) is 0.143. The van der Waals surface area contributed by atoms with Gasteiger partial charge >= 0.3 is 5.69 Å². The van der Waals surface area contributed by atoms with E-state index in [1.54, 1.807) is 0 Å². The van der Waals surface area contributed by atoms with E-state index in [4.69, 9.17) is 0 Å². The fourth-order valence-corrected chi connectivity index (χ4v) is 0.878. The molecule has 0 aliphatic heterocycles. The molecule has 0 spiro atoms. The highest BCUT2D eigenvalue weighted by atomic mass is 19.3. The van der Waals surface area contributed by atoms with E-state index in [-0.39, 0.29) is 6.29 Å². The second-order valence-electron chi connectivity index (χ2n) is 2.44. The molecular weight excluding hydrogens is 217 g/mol. The molecule has 0 radical (unpaired) electrons. The van der Waals surface area contributed by atoms with Crippen LogP contribution >= 0.6 is 0 Å². The molecule has 0 saturated heterocycles. The highest BCUT2D eigenvalue weighted by Gasteiger charge is 2.24. The number of pyridine rings is 1. The number of rotatable bonds is 3. The van der Waals surface area contributed by atoms with Crippen molar-refractivity contribution in [1.29, 1.82) is 0 Å². The Bertz CT molecular complexity index is 422. The van der Waals surface area contributed by atoms with Gasteiger partial charge in [0.05, 0.1) is 4.92 Å². The van der Waals surface area contributed by atoms with E-state index >= 15 is 0 Å². The molecule has 0 aromatic carbocycles. The van der Waals surface area contributed by atoms with Crippen LogP contribution in [-0.2, 0) is 0 Å². The molecule has 1 heterocycles. The molecule has 0 fully saturated rings. The first kappa shape index (κ1) is 11.1. The minimum atomic E-state index is -3.11. The first-order valence-corrected chi connectivity index (χ1v) is 3.55. The molecule has 5 nitrogen and oxygen atoms in total. The molecule has 1 aromatic heterocycles. The van der Waals surface area contributed by atoms with Gasteiger partial charge in [0.15, 0.2) is 6.29 Å². The summed E-state index contributed by atoms with van der Waals surface area (Å²) >= 11 is 0. The number of halogens is 3. The lowest BCUT2D eigenvalue weighted by Gasteiger charge is -2.01. The first-order valence-electron chi connectivity index (χ1n) is 3.55. The zero-order valence-corrected chi connectivity index (χ0v) is 6.99. The second-order valence-corrected chi connectivity index (χ2v) is 2.44. The van der Waals surface area contributed by atoms with Gasteiger partial charge in [-0.1, -0.05) is 0 Å². The summed E-state index contributed by atoms with van der Waals surface area (Å²) in [6.45, 7) is 0. The summed E-state index contributed by atoms with van der Waals surface area (Å²) in [5.41, 5.74) is -3.20. The van der Waals surface area contributed by atoms with Gasteiger partial charge in [0.2, 0.25) is 5.82 Å². The summed E-state index contributed by atoms with van der Waals surface area (Å²) < 4.78 is 37.3. The maximum absolute atomic E-state index is 13.0. The van der Waals surface area contributed by atoms with Crippen LogP contribution in [0, 0.1) is 15.9 Å². The standard InChI is InChI=1S/C7H3F3N2O3/c8-6-4(2-13)11-3(7(9)10)1-5(6)12(14)15/h1-2,7H. The minimum absolute atomic E-state index is 0.159. The van der Waals surface area contributed by atoms with Crippen molar-refractivity contribution in [2.45, 2.75) is 6.43 Å². The molecule has 0 saturated carbocycles. The van der Waals surface area contributed by atoms with E-state index in [1.807, 2.05) is 0 Å². The molecule has 0 atom stereocenters. The Kier molecular flexibility index (Phi) is 2.98. The van der Waals surface area contributed by atoms with Crippen LogP contribution in [0.15, 0.2) is 6.07 Å². The third-order valence-corrected chi connectivity index (χ3v) is 1.52. The molecular formula is C7H3F3N2O3. The Morgan fingerprint density at radius 3 is 2.53 bits per heavy atom. The van der Waals surface area contributed by atoms with E-state index < -0.39 is 34.2 Å². The van der Waals surface area contributed by atoms with Crippen LogP contribution in [0.4, 0.5) is 18.9 Å². The van der Waals surface area contributed by atoms with Crippen molar-refractivity contribution in [2.24, 2.45) is 0 Å². The number of alkyl halides is 2. The first-order chi connectivity index (χ1) is 6.97. The quantitative estimate of drug-likeness (QED) is 0.442. The molecule has 1 rings (SSSR count). The van der Waals surface area contributed by atoms with Crippen LogP contribution in [-0.4, -0.2) is 16.2 Å². The summed E-state index contributed by atoms with van der Waals surface area (Å²) in [7, 11) is 0. The predicted molar refractivity (Wildman–Crippen MR) is 41.2 cm³/mol. The van der Waals surface area contributed by atoms with E-state index in [0.29, 0.717) is 6.07 Å². The number of hydrogen-bond donors (Lipinski definition) is 0. The summed E-state index contributed by atoms with van der Waals surface area (Å²) in [6.07, 6.45) is -3.27. The zero-order valence-electron chi connectivity index (χ0n) is 6.99. The van der Waals surface area contributed by atoms with Gasteiger partial charge in [-0.25, -0.2) is 13.8 Å². The molecule has 1 aromatic rings. The van der Waals surface area contributed by atoms with E-state index in [9.17, 15) is 28.1 Å². The fourth-order valence-electron chi connectivity index (χ4n) is 0.878. The largest absolute Gasteiger partial charge is 0.309 e. The average Bonchev–Trinajstić information content (AvgIpc) is 2.17. The number of nitro groups is 1. The topological polar surface area (TPSA) is 73.1 Å². The van der Waals surface area contributed by atoms with Gasteiger partial charge in [-0.05, 0) is 0 Å². The molecule has 80 valence electrons. The zero-order chi connectivity index (χ0) is 11.6. The van der Waals surface area contributed by atoms with Crippen molar-refractivity contribution in [2.75, 3.05) is 0 Å². The van der Waals surface area contributed by atoms with Crippen LogP contribution in [0.5, 0.6) is 0 Å². The van der Waals surface area contributed by atoms with Crippen LogP contribution in [0.1, 0.15) is 22.6 Å². The minimum Gasteiger partial charge on any atom is -0.296 e. The molecule has 0 aliphatic rings. The van der Waals surface area contributed by atoms with E-state index in [1.165, 1.54) is 0 Å². The third kappa shape index (κ3) is 2.09. The van der Waals surface area contributed by atoms with Crippen molar-refractivity contribution in [3.05, 3.63) is 33.4 Å². The molecule has 15 heavy (non-hydrogen) atoms. The third-order valence-electron chi connectivity index (χ3n) is 1.52. The van der Waals surface area contributed by atoms with Crippen molar-refractivity contribution in [3.8, 4) is 0 Å². The normalized spacial score (nSPS) is 10.4. The monoisotopic (exact) mass is 220 g/mol. The molecule has 0 N–H and O–H groups in total. The Labute approximate surface area is 80.7 Å². The highest BCUT2D eigenvalue weighted by Crippen LogP contribution is 2.25. The van der Waals surface area contributed by atoms with Gasteiger partial charge in [-0.2, -0.15) is 4.39 Å². The van der Waals surface area contributed by atoms with Crippen LogP contribution < -0.4 is 0 Å². The van der Waals surface area contributed by atoms with Crippen LogP contribution in [0.3, 0.4) is 0 Å². The van der Waals surface area contributed by atoms with E-state index in [0.717, 1.165) is 0 Å². The lowest BCUT2D eigenvalue weighted by Crippen LogP contribution is -2.04. The summed E-state index contributed by atoms with van der Waals surface area (Å²) in [4.78, 5) is 22.2. The number of nitrogens with zero attached hydrogens (tertiary/aromatic N) is 2. The molecule has 0 bridgehead atoms. The Morgan fingerprint density at radius 2 is 2.13 bits per heavy atom. The molecule has 0 amide bonds. The summed E-state index contributed by atoms with van der Waals surface area (Å²) in [6, 6.07) is 0.299. The second kappa shape index (κ2) is 4.03. The average molecular weight is 220 g/mol. The number of aldehydes is 1. The highest BCUT2D eigenvalue weighted by molar-refractivity contribution is 5.73. The molecule has 0 aliphatic carbocycles. The van der Waals surface area contributed by atoms with Crippen molar-refractivity contribution in [1.82, 2.24) is 4.98 Å². The Balaban J connectivity index is 3.45. The van der Waals surface area contributed by atoms with Gasteiger partial charge in [-0.3, -0.25) is 14.9 Å². The Hall–Kier alpha value is -1.99. The van der Waals surface area contributed by atoms with Crippen LogP contribution in [0.2, 0.25) is 0 Å². The Morgan fingerprint density at radius 1 is 1.53 bits per heavy atom. The number of hydrogen-bond acceptors (Lipinski definition) is 4. The van der Waals surface area contributed by atoms with Gasteiger partial charge < -0.3 is 0 Å². The van der Waals surface area contributed by atoms with Gasteiger partial charge in [0.25, 0.3) is 6.43 Å². The maximum atomic E-state index is 13.0. The van der Waals surface area contributed by atoms with Crippen LogP contribution in [0.25, 0.3) is 0 Å². The van der Waals surface area contributed by atoms with Gasteiger partial charge in [0, 0.05) is 6.07 Å². The summed E-state index contributed by atoms with van der Waals surface area (Å²) in [5.74, 6) is -1.51. The van der Waals surface area contributed by atoms with Crippen molar-refractivity contribution < 1.29 is 22.9 Å². The molecule has 0 unspecified atom stereocenters. The lowest BCUT2D eigenvalue weighted by molar-refractivity contribution is -0.387. The van der Waals surface area contributed by atoms with Crippen molar-refractivity contribution >= 4 is 12.0 Å². The van der Waals surface area contributed by atoms with Gasteiger partial charge in [-0.15, -0.1) is 0 Å². The number of carbonyl (C=O) groups is 1. The summed E-state index contributed by atoms with van der Waals surface area (Å²) in [5, 5.41) is 10.2.